The Hall–Kier alpha value is -3.31. The van der Waals surface area contributed by atoms with Crippen LogP contribution in [0.2, 0.25) is 5.02 Å². The van der Waals surface area contributed by atoms with E-state index in [-0.39, 0.29) is 31.0 Å². The van der Waals surface area contributed by atoms with Crippen molar-refractivity contribution in [2.45, 2.75) is 52.7 Å². The standard InChI is InChI=1S/C29H33ClN2O3/c1-20(2)31-29(34)27(17-23-8-6-5-7-9-23)32(18-24-11-13-25(30)14-12-24)28(33)19-35-26-15-10-21(3)22(4)16-26/h5-16,20,27H,17-19H2,1-4H3,(H,31,34). The number of aryl methyl sites for hydroxylation is 2. The van der Waals surface area contributed by atoms with E-state index in [9.17, 15) is 9.59 Å². The van der Waals surface area contributed by atoms with Crippen LogP contribution in [0.3, 0.4) is 0 Å². The number of hydrogen-bond acceptors (Lipinski definition) is 3. The summed E-state index contributed by atoms with van der Waals surface area (Å²) in [5.41, 5.74) is 4.09. The van der Waals surface area contributed by atoms with Gasteiger partial charge in [0.2, 0.25) is 5.91 Å². The van der Waals surface area contributed by atoms with Gasteiger partial charge in [-0.3, -0.25) is 9.59 Å². The van der Waals surface area contributed by atoms with Crippen molar-refractivity contribution in [3.8, 4) is 5.75 Å². The highest BCUT2D eigenvalue weighted by atomic mass is 35.5. The van der Waals surface area contributed by atoms with Crippen molar-refractivity contribution >= 4 is 23.4 Å². The largest absolute Gasteiger partial charge is 0.484 e. The van der Waals surface area contributed by atoms with Crippen molar-refractivity contribution in [1.29, 1.82) is 0 Å². The van der Waals surface area contributed by atoms with E-state index >= 15 is 0 Å². The second kappa shape index (κ2) is 12.4. The molecule has 0 aliphatic carbocycles. The minimum absolute atomic E-state index is 0.0555. The summed E-state index contributed by atoms with van der Waals surface area (Å²) in [5.74, 6) is 0.162. The van der Waals surface area contributed by atoms with Gasteiger partial charge < -0.3 is 15.0 Å². The fourth-order valence-corrected chi connectivity index (χ4v) is 3.88. The zero-order chi connectivity index (χ0) is 25.4. The summed E-state index contributed by atoms with van der Waals surface area (Å²) >= 11 is 6.07. The average molecular weight is 493 g/mol. The molecular weight excluding hydrogens is 460 g/mol. The SMILES string of the molecule is Cc1ccc(OCC(=O)N(Cc2ccc(Cl)cc2)C(Cc2ccccc2)C(=O)NC(C)C)cc1C. The van der Waals surface area contributed by atoms with E-state index in [0.29, 0.717) is 17.2 Å². The van der Waals surface area contributed by atoms with Gasteiger partial charge in [0.05, 0.1) is 0 Å². The van der Waals surface area contributed by atoms with Crippen LogP contribution in [-0.4, -0.2) is 35.4 Å². The molecule has 0 aliphatic heterocycles. The molecule has 5 nitrogen and oxygen atoms in total. The number of amides is 2. The van der Waals surface area contributed by atoms with Crippen molar-refractivity contribution in [3.05, 3.63) is 100 Å². The quantitative estimate of drug-likeness (QED) is 0.406. The van der Waals surface area contributed by atoms with Crippen LogP contribution in [0.1, 0.15) is 36.1 Å². The molecule has 6 heteroatoms. The van der Waals surface area contributed by atoms with Crippen LogP contribution in [0.15, 0.2) is 72.8 Å². The average Bonchev–Trinajstić information content (AvgIpc) is 2.83. The third-order valence-electron chi connectivity index (χ3n) is 5.81. The first-order valence-electron chi connectivity index (χ1n) is 11.8. The zero-order valence-corrected chi connectivity index (χ0v) is 21.5. The van der Waals surface area contributed by atoms with Crippen LogP contribution in [0, 0.1) is 13.8 Å². The van der Waals surface area contributed by atoms with Gasteiger partial charge in [-0.1, -0.05) is 60.1 Å². The molecule has 1 atom stereocenters. The van der Waals surface area contributed by atoms with Crippen LogP contribution < -0.4 is 10.1 Å². The molecule has 3 rings (SSSR count). The molecule has 0 heterocycles. The molecule has 1 unspecified atom stereocenters. The van der Waals surface area contributed by atoms with Crippen LogP contribution in [-0.2, 0) is 22.6 Å². The van der Waals surface area contributed by atoms with Gasteiger partial charge in [-0.15, -0.1) is 0 Å². The Bertz CT molecular complexity index is 1130. The Kier molecular flexibility index (Phi) is 9.32. The topological polar surface area (TPSA) is 58.6 Å². The van der Waals surface area contributed by atoms with Gasteiger partial charge in [0.25, 0.3) is 5.91 Å². The fraction of sp³-hybridized carbons (Fsp3) is 0.310. The van der Waals surface area contributed by atoms with Crippen LogP contribution in [0.5, 0.6) is 5.75 Å². The van der Waals surface area contributed by atoms with Crippen molar-refractivity contribution < 1.29 is 14.3 Å². The first kappa shape index (κ1) is 26.3. The van der Waals surface area contributed by atoms with Gasteiger partial charge in [0.1, 0.15) is 11.8 Å². The molecule has 35 heavy (non-hydrogen) atoms. The highest BCUT2D eigenvalue weighted by molar-refractivity contribution is 6.30. The summed E-state index contributed by atoms with van der Waals surface area (Å²) in [4.78, 5) is 28.5. The van der Waals surface area contributed by atoms with Crippen molar-refractivity contribution in [2.75, 3.05) is 6.61 Å². The summed E-state index contributed by atoms with van der Waals surface area (Å²) in [6, 6.07) is 22.0. The van der Waals surface area contributed by atoms with E-state index in [1.165, 1.54) is 0 Å². The molecule has 0 radical (unpaired) electrons. The van der Waals surface area contributed by atoms with Gasteiger partial charge in [-0.05, 0) is 74.2 Å². The van der Waals surface area contributed by atoms with Crippen molar-refractivity contribution in [2.24, 2.45) is 0 Å². The molecule has 184 valence electrons. The molecule has 0 fully saturated rings. The number of nitrogens with one attached hydrogen (secondary N) is 1. The summed E-state index contributed by atoms with van der Waals surface area (Å²) in [6.07, 6.45) is 0.391. The molecule has 0 saturated heterocycles. The van der Waals surface area contributed by atoms with E-state index in [1.54, 1.807) is 17.0 Å². The normalized spacial score (nSPS) is 11.7. The van der Waals surface area contributed by atoms with Gasteiger partial charge >= 0.3 is 0 Å². The molecule has 0 bridgehead atoms. The second-order valence-corrected chi connectivity index (χ2v) is 9.49. The predicted octanol–water partition coefficient (Wildman–Crippen LogP) is 5.50. The molecule has 0 aliphatic rings. The highest BCUT2D eigenvalue weighted by Gasteiger charge is 2.31. The lowest BCUT2D eigenvalue weighted by Crippen LogP contribution is -2.52. The molecule has 2 amide bonds. The van der Waals surface area contributed by atoms with Gasteiger partial charge in [-0.25, -0.2) is 0 Å². The van der Waals surface area contributed by atoms with Crippen molar-refractivity contribution in [3.63, 3.8) is 0 Å². The first-order chi connectivity index (χ1) is 16.7. The van der Waals surface area contributed by atoms with E-state index in [1.807, 2.05) is 88.4 Å². The fourth-order valence-electron chi connectivity index (χ4n) is 3.75. The minimum Gasteiger partial charge on any atom is -0.484 e. The third-order valence-corrected chi connectivity index (χ3v) is 6.06. The molecule has 3 aromatic carbocycles. The van der Waals surface area contributed by atoms with Crippen LogP contribution in [0.25, 0.3) is 0 Å². The maximum absolute atomic E-state index is 13.6. The Morgan fingerprint density at radius 3 is 2.23 bits per heavy atom. The second-order valence-electron chi connectivity index (χ2n) is 9.05. The number of carbonyl (C=O) groups is 2. The lowest BCUT2D eigenvalue weighted by Gasteiger charge is -2.32. The highest BCUT2D eigenvalue weighted by Crippen LogP contribution is 2.19. The molecule has 1 N–H and O–H groups in total. The number of nitrogens with zero attached hydrogens (tertiary/aromatic N) is 1. The number of hydrogen-bond donors (Lipinski definition) is 1. The van der Waals surface area contributed by atoms with Crippen molar-refractivity contribution in [1.82, 2.24) is 10.2 Å². The van der Waals surface area contributed by atoms with E-state index in [0.717, 1.165) is 22.3 Å². The monoisotopic (exact) mass is 492 g/mol. The maximum Gasteiger partial charge on any atom is 0.261 e. The summed E-state index contributed by atoms with van der Waals surface area (Å²) < 4.78 is 5.86. The van der Waals surface area contributed by atoms with E-state index in [4.69, 9.17) is 16.3 Å². The maximum atomic E-state index is 13.6. The third kappa shape index (κ3) is 7.86. The van der Waals surface area contributed by atoms with Gasteiger partial charge in [-0.2, -0.15) is 0 Å². The summed E-state index contributed by atoms with van der Waals surface area (Å²) in [7, 11) is 0. The lowest BCUT2D eigenvalue weighted by molar-refractivity contribution is -0.143. The van der Waals surface area contributed by atoms with Crippen LogP contribution >= 0.6 is 11.6 Å². The van der Waals surface area contributed by atoms with E-state index in [2.05, 4.69) is 5.32 Å². The van der Waals surface area contributed by atoms with Crippen LogP contribution in [0.4, 0.5) is 0 Å². The zero-order valence-electron chi connectivity index (χ0n) is 20.8. The Morgan fingerprint density at radius 1 is 0.914 bits per heavy atom. The number of carbonyl (C=O) groups excluding carboxylic acids is 2. The van der Waals surface area contributed by atoms with Gasteiger partial charge in [0.15, 0.2) is 6.61 Å². The Labute approximate surface area is 213 Å². The minimum atomic E-state index is -0.702. The molecule has 0 saturated carbocycles. The summed E-state index contributed by atoms with van der Waals surface area (Å²) in [5, 5.41) is 3.60. The van der Waals surface area contributed by atoms with E-state index < -0.39 is 6.04 Å². The smallest absolute Gasteiger partial charge is 0.261 e. The number of rotatable bonds is 10. The number of benzene rings is 3. The molecular formula is C29H33ClN2O3. The predicted molar refractivity (Wildman–Crippen MR) is 141 cm³/mol. The Morgan fingerprint density at radius 2 is 1.60 bits per heavy atom. The molecule has 3 aromatic rings. The lowest BCUT2D eigenvalue weighted by atomic mass is 10.0. The number of ether oxygens (including phenoxy) is 1. The summed E-state index contributed by atoms with van der Waals surface area (Å²) in [6.45, 7) is 7.94. The Balaban J connectivity index is 1.90. The molecule has 0 spiro atoms. The number of halogens is 1. The molecule has 0 aromatic heterocycles. The van der Waals surface area contributed by atoms with Gasteiger partial charge in [0, 0.05) is 24.0 Å². The first-order valence-corrected chi connectivity index (χ1v) is 12.2.